The van der Waals surface area contributed by atoms with E-state index in [1.165, 1.54) is 0 Å². The summed E-state index contributed by atoms with van der Waals surface area (Å²) < 4.78 is 5.63. The fraction of sp³-hybridized carbons (Fsp3) is 0.143. The van der Waals surface area contributed by atoms with E-state index >= 15 is 0 Å². The van der Waals surface area contributed by atoms with Crippen molar-refractivity contribution in [3.8, 4) is 5.75 Å². The highest BCUT2D eigenvalue weighted by molar-refractivity contribution is 7.80. The van der Waals surface area contributed by atoms with Crippen LogP contribution in [-0.4, -0.2) is 6.61 Å². The highest BCUT2D eigenvalue weighted by Gasteiger charge is 1.95. The summed E-state index contributed by atoms with van der Waals surface area (Å²) in [6, 6.07) is 7.66. The fourth-order valence-electron chi connectivity index (χ4n) is 1.16. The van der Waals surface area contributed by atoms with Crippen molar-refractivity contribution in [3.05, 3.63) is 60.7 Å². The molecule has 1 aromatic rings. The number of thiol groups is 1. The van der Waals surface area contributed by atoms with Gasteiger partial charge < -0.3 is 4.74 Å². The molecule has 0 radical (unpaired) electrons. The smallest absolute Gasteiger partial charge is 0.120 e. The van der Waals surface area contributed by atoms with Crippen LogP contribution in [0.5, 0.6) is 5.75 Å². The van der Waals surface area contributed by atoms with Crippen molar-refractivity contribution in [3.63, 3.8) is 0 Å². The third-order valence-corrected chi connectivity index (χ3v) is 2.32. The first-order chi connectivity index (χ1) is 7.76. The fourth-order valence-corrected chi connectivity index (χ4v) is 1.37. The van der Waals surface area contributed by atoms with Gasteiger partial charge in [-0.2, -0.15) is 0 Å². The van der Waals surface area contributed by atoms with E-state index in [-0.39, 0.29) is 0 Å². The van der Waals surface area contributed by atoms with Crippen LogP contribution in [-0.2, 0) is 0 Å². The molecule has 0 atom stereocenters. The standard InChI is InChI=1S/C14H16OS/c1-3-5-7-12(4-2)11-15-13-8-6-9-14(16)10-13/h3-10,16H,1,11H2,2H3. The lowest BCUT2D eigenvalue weighted by atomic mass is 10.2. The summed E-state index contributed by atoms with van der Waals surface area (Å²) in [5.41, 5.74) is 1.12. The second-order valence-corrected chi connectivity index (χ2v) is 3.76. The third kappa shape index (κ3) is 4.41. The highest BCUT2D eigenvalue weighted by Crippen LogP contribution is 2.16. The van der Waals surface area contributed by atoms with E-state index in [9.17, 15) is 0 Å². The third-order valence-electron chi connectivity index (χ3n) is 2.04. The minimum Gasteiger partial charge on any atom is -0.489 e. The molecule has 0 N–H and O–H groups in total. The molecule has 0 amide bonds. The van der Waals surface area contributed by atoms with E-state index in [4.69, 9.17) is 4.74 Å². The van der Waals surface area contributed by atoms with Gasteiger partial charge in [0.1, 0.15) is 12.4 Å². The molecule has 2 heteroatoms. The van der Waals surface area contributed by atoms with Crippen molar-refractivity contribution in [1.29, 1.82) is 0 Å². The summed E-state index contributed by atoms with van der Waals surface area (Å²) in [4.78, 5) is 0.904. The average Bonchev–Trinajstić information content (AvgIpc) is 2.29. The van der Waals surface area contributed by atoms with Gasteiger partial charge in [-0.3, -0.25) is 0 Å². The largest absolute Gasteiger partial charge is 0.489 e. The van der Waals surface area contributed by atoms with Gasteiger partial charge in [0.15, 0.2) is 0 Å². The Morgan fingerprint density at radius 3 is 2.94 bits per heavy atom. The highest BCUT2D eigenvalue weighted by atomic mass is 32.1. The van der Waals surface area contributed by atoms with Crippen LogP contribution in [0.25, 0.3) is 0 Å². The van der Waals surface area contributed by atoms with Gasteiger partial charge >= 0.3 is 0 Å². The SMILES string of the molecule is C=CC=CC(=CC)COc1cccc(S)c1. The quantitative estimate of drug-likeness (QED) is 0.595. The predicted octanol–water partition coefficient (Wildman–Crippen LogP) is 4.04. The maximum atomic E-state index is 5.63. The molecule has 84 valence electrons. The molecule has 0 spiro atoms. The van der Waals surface area contributed by atoms with Crippen molar-refractivity contribution >= 4 is 12.6 Å². The van der Waals surface area contributed by atoms with Crippen LogP contribution in [0.2, 0.25) is 0 Å². The molecule has 0 fully saturated rings. The molecule has 0 aliphatic carbocycles. The normalized spacial score (nSPS) is 11.8. The first-order valence-electron chi connectivity index (χ1n) is 5.12. The van der Waals surface area contributed by atoms with Gasteiger partial charge in [-0.25, -0.2) is 0 Å². The van der Waals surface area contributed by atoms with Gasteiger partial charge in [0, 0.05) is 4.90 Å². The average molecular weight is 232 g/mol. The number of benzene rings is 1. The molecular weight excluding hydrogens is 216 g/mol. The van der Waals surface area contributed by atoms with Crippen molar-refractivity contribution in [1.82, 2.24) is 0 Å². The van der Waals surface area contributed by atoms with Crippen LogP contribution < -0.4 is 4.74 Å². The number of hydrogen-bond donors (Lipinski definition) is 1. The number of rotatable bonds is 5. The topological polar surface area (TPSA) is 9.23 Å². The van der Waals surface area contributed by atoms with E-state index in [1.807, 2.05) is 49.4 Å². The molecule has 1 nitrogen and oxygen atoms in total. The zero-order valence-corrected chi connectivity index (χ0v) is 10.3. The Balaban J connectivity index is 2.56. The Bertz CT molecular complexity index is 405. The summed E-state index contributed by atoms with van der Waals surface area (Å²) in [7, 11) is 0. The molecule has 0 aliphatic rings. The van der Waals surface area contributed by atoms with E-state index in [0.29, 0.717) is 6.61 Å². The molecular formula is C14H16OS. The summed E-state index contributed by atoms with van der Waals surface area (Å²) >= 11 is 4.26. The minimum atomic E-state index is 0.554. The minimum absolute atomic E-state index is 0.554. The monoisotopic (exact) mass is 232 g/mol. The van der Waals surface area contributed by atoms with E-state index in [0.717, 1.165) is 16.2 Å². The van der Waals surface area contributed by atoms with Gasteiger partial charge in [0.2, 0.25) is 0 Å². The summed E-state index contributed by atoms with van der Waals surface area (Å²) in [6.07, 6.45) is 7.65. The van der Waals surface area contributed by atoms with E-state index < -0.39 is 0 Å². The molecule has 0 heterocycles. The number of allylic oxidation sites excluding steroid dienone is 3. The molecule has 16 heavy (non-hydrogen) atoms. The first kappa shape index (κ1) is 12.7. The van der Waals surface area contributed by atoms with Gasteiger partial charge in [-0.1, -0.05) is 36.9 Å². The molecule has 0 aliphatic heterocycles. The van der Waals surface area contributed by atoms with Gasteiger partial charge in [-0.15, -0.1) is 12.6 Å². The summed E-state index contributed by atoms with van der Waals surface area (Å²) in [6.45, 7) is 6.17. The molecule has 1 rings (SSSR count). The number of ether oxygens (including phenoxy) is 1. The number of hydrogen-bond acceptors (Lipinski definition) is 2. The zero-order valence-electron chi connectivity index (χ0n) is 9.39. The van der Waals surface area contributed by atoms with Gasteiger partial charge in [0.25, 0.3) is 0 Å². The van der Waals surface area contributed by atoms with Crippen LogP contribution in [0.4, 0.5) is 0 Å². The Morgan fingerprint density at radius 1 is 1.50 bits per heavy atom. The molecule has 0 saturated carbocycles. The Kier molecular flexibility index (Phi) is 5.51. The Hall–Kier alpha value is -1.41. The lowest BCUT2D eigenvalue weighted by molar-refractivity contribution is 0.354. The van der Waals surface area contributed by atoms with Crippen molar-refractivity contribution in [2.75, 3.05) is 6.61 Å². The van der Waals surface area contributed by atoms with Crippen LogP contribution in [0.15, 0.2) is 65.6 Å². The molecule has 0 aromatic heterocycles. The zero-order chi connectivity index (χ0) is 11.8. The van der Waals surface area contributed by atoms with Crippen LogP contribution in [0.3, 0.4) is 0 Å². The van der Waals surface area contributed by atoms with E-state index in [2.05, 4.69) is 19.2 Å². The second kappa shape index (κ2) is 6.96. The van der Waals surface area contributed by atoms with Crippen molar-refractivity contribution in [2.45, 2.75) is 11.8 Å². The van der Waals surface area contributed by atoms with Gasteiger partial charge in [-0.05, 0) is 30.7 Å². The Morgan fingerprint density at radius 2 is 2.31 bits per heavy atom. The maximum Gasteiger partial charge on any atom is 0.120 e. The molecule has 1 aromatic carbocycles. The van der Waals surface area contributed by atoms with E-state index in [1.54, 1.807) is 6.08 Å². The second-order valence-electron chi connectivity index (χ2n) is 3.24. The van der Waals surface area contributed by atoms with Crippen LogP contribution in [0, 0.1) is 0 Å². The summed E-state index contributed by atoms with van der Waals surface area (Å²) in [5, 5.41) is 0. The maximum absolute atomic E-state index is 5.63. The molecule has 0 unspecified atom stereocenters. The van der Waals surface area contributed by atoms with Crippen molar-refractivity contribution < 1.29 is 4.74 Å². The summed E-state index contributed by atoms with van der Waals surface area (Å²) in [5.74, 6) is 0.832. The van der Waals surface area contributed by atoms with Crippen LogP contribution >= 0.6 is 12.6 Å². The lowest BCUT2D eigenvalue weighted by Crippen LogP contribution is -1.99. The predicted molar refractivity (Wildman–Crippen MR) is 72.3 cm³/mol. The van der Waals surface area contributed by atoms with Gasteiger partial charge in [0.05, 0.1) is 0 Å². The lowest BCUT2D eigenvalue weighted by Gasteiger charge is -2.06. The molecule has 0 bridgehead atoms. The first-order valence-corrected chi connectivity index (χ1v) is 5.57. The van der Waals surface area contributed by atoms with Crippen LogP contribution in [0.1, 0.15) is 6.92 Å². The van der Waals surface area contributed by atoms with Crippen molar-refractivity contribution in [2.24, 2.45) is 0 Å². The molecule has 0 saturated heterocycles. The Labute approximate surface area is 103 Å².